The Labute approximate surface area is 60.9 Å². The summed E-state index contributed by atoms with van der Waals surface area (Å²) in [5.41, 5.74) is 0. The molecule has 0 aliphatic rings. The number of unbranched alkanes of at least 4 members (excludes halogenated alkanes) is 2. The third-order valence-electron chi connectivity index (χ3n) is 1.10. The summed E-state index contributed by atoms with van der Waals surface area (Å²) in [5.74, 6) is 0. The van der Waals surface area contributed by atoms with Crippen LogP contribution in [0.1, 0.15) is 26.2 Å². The molecule has 3 N–H and O–H groups in total. The highest BCUT2D eigenvalue weighted by molar-refractivity contribution is 7.49. The molecule has 0 amide bonds. The minimum absolute atomic E-state index is 0.401. The molecule has 0 saturated heterocycles. The first kappa shape index (κ1) is 10.1. The molecule has 0 heterocycles. The van der Waals surface area contributed by atoms with Crippen LogP contribution in [0.25, 0.3) is 0 Å². The maximum atomic E-state index is 10.2. The number of hydrogen-bond donors (Lipinski definition) is 3. The number of rotatable bonds is 5. The lowest BCUT2D eigenvalue weighted by Crippen LogP contribution is -2.10. The van der Waals surface area contributed by atoms with E-state index in [9.17, 15) is 4.57 Å². The van der Waals surface area contributed by atoms with Gasteiger partial charge in [-0.3, -0.25) is 0 Å². The quantitative estimate of drug-likeness (QED) is 0.419. The van der Waals surface area contributed by atoms with Gasteiger partial charge in [0.05, 0.1) is 0 Å². The zero-order chi connectivity index (χ0) is 8.04. The lowest BCUT2D eigenvalue weighted by Gasteiger charge is -2.04. The molecule has 0 saturated carbocycles. The van der Waals surface area contributed by atoms with E-state index in [-0.39, 0.29) is 0 Å². The molecule has 0 aromatic rings. The van der Waals surface area contributed by atoms with Gasteiger partial charge in [-0.1, -0.05) is 19.8 Å². The topological polar surface area (TPSA) is 69.6 Å². The zero-order valence-corrected chi connectivity index (χ0v) is 6.97. The van der Waals surface area contributed by atoms with Crippen molar-refractivity contribution in [3.8, 4) is 0 Å². The predicted octanol–water partition coefficient (Wildman–Crippen LogP) is 0.859. The van der Waals surface area contributed by atoms with E-state index in [0.717, 1.165) is 19.3 Å². The van der Waals surface area contributed by atoms with Crippen molar-refractivity contribution in [2.75, 3.05) is 6.54 Å². The highest BCUT2D eigenvalue weighted by Crippen LogP contribution is 2.27. The minimum Gasteiger partial charge on any atom is -0.313 e. The van der Waals surface area contributed by atoms with E-state index in [1.165, 1.54) is 0 Å². The first-order chi connectivity index (χ1) is 4.56. The second kappa shape index (κ2) is 4.85. The molecule has 0 aliphatic heterocycles. The van der Waals surface area contributed by atoms with Crippen LogP contribution in [-0.4, -0.2) is 16.3 Å². The fourth-order valence-corrected chi connectivity index (χ4v) is 1.05. The third-order valence-corrected chi connectivity index (χ3v) is 1.73. The first-order valence-corrected chi connectivity index (χ1v) is 4.98. The second-order valence-corrected chi connectivity index (χ2v) is 3.56. The van der Waals surface area contributed by atoms with Crippen LogP contribution < -0.4 is 5.09 Å². The number of nitrogens with one attached hydrogen (secondary N) is 1. The number of hydrogen-bond acceptors (Lipinski definition) is 1. The van der Waals surface area contributed by atoms with E-state index in [4.69, 9.17) is 9.79 Å². The van der Waals surface area contributed by atoms with E-state index in [0.29, 0.717) is 6.54 Å². The molecule has 0 radical (unpaired) electrons. The molecule has 0 aliphatic carbocycles. The van der Waals surface area contributed by atoms with Crippen LogP contribution in [0.5, 0.6) is 0 Å². The van der Waals surface area contributed by atoms with E-state index in [1.807, 2.05) is 6.92 Å². The summed E-state index contributed by atoms with van der Waals surface area (Å²) in [7, 11) is -3.96. The van der Waals surface area contributed by atoms with Crippen molar-refractivity contribution in [3.05, 3.63) is 0 Å². The van der Waals surface area contributed by atoms with Crippen LogP contribution in [-0.2, 0) is 4.57 Å². The molecule has 0 unspecified atom stereocenters. The molecule has 62 valence electrons. The molecule has 4 nitrogen and oxygen atoms in total. The maximum Gasteiger partial charge on any atom is 0.400 e. The molecule has 10 heavy (non-hydrogen) atoms. The molecular weight excluding hydrogens is 153 g/mol. The van der Waals surface area contributed by atoms with Gasteiger partial charge in [0.1, 0.15) is 0 Å². The van der Waals surface area contributed by atoms with E-state index < -0.39 is 7.75 Å². The van der Waals surface area contributed by atoms with Gasteiger partial charge in [0, 0.05) is 6.54 Å². The van der Waals surface area contributed by atoms with Crippen LogP contribution in [0.3, 0.4) is 0 Å². The summed E-state index contributed by atoms with van der Waals surface area (Å²) in [6.45, 7) is 2.44. The lowest BCUT2D eigenvalue weighted by molar-refractivity contribution is 0.356. The van der Waals surface area contributed by atoms with Crippen LogP contribution in [0, 0.1) is 0 Å². The van der Waals surface area contributed by atoms with Crippen molar-refractivity contribution in [2.45, 2.75) is 26.2 Å². The average Bonchev–Trinajstić information content (AvgIpc) is 1.78. The summed E-state index contributed by atoms with van der Waals surface area (Å²) < 4.78 is 10.2. The summed E-state index contributed by atoms with van der Waals surface area (Å²) in [6, 6.07) is 0. The van der Waals surface area contributed by atoms with Gasteiger partial charge >= 0.3 is 7.75 Å². The third kappa shape index (κ3) is 8.11. The van der Waals surface area contributed by atoms with Gasteiger partial charge in [0.25, 0.3) is 0 Å². The first-order valence-electron chi connectivity index (χ1n) is 3.37. The highest BCUT2D eigenvalue weighted by atomic mass is 31.2. The van der Waals surface area contributed by atoms with Crippen molar-refractivity contribution in [1.29, 1.82) is 0 Å². The van der Waals surface area contributed by atoms with Gasteiger partial charge in [0.2, 0.25) is 0 Å². The SMILES string of the molecule is CCCCCNP(=O)(O)O. The molecule has 0 aromatic heterocycles. The van der Waals surface area contributed by atoms with Crippen LogP contribution in [0.2, 0.25) is 0 Å². The Kier molecular flexibility index (Phi) is 4.91. The van der Waals surface area contributed by atoms with Crippen molar-refractivity contribution < 1.29 is 14.4 Å². The smallest absolute Gasteiger partial charge is 0.313 e. The second-order valence-electron chi connectivity index (χ2n) is 2.16. The Morgan fingerprint density at radius 2 is 2.00 bits per heavy atom. The molecule has 0 rings (SSSR count). The zero-order valence-electron chi connectivity index (χ0n) is 6.08. The fourth-order valence-electron chi connectivity index (χ4n) is 0.600. The van der Waals surface area contributed by atoms with Crippen molar-refractivity contribution in [2.24, 2.45) is 0 Å². The Bertz CT molecular complexity index is 122. The summed E-state index contributed by atoms with van der Waals surface area (Å²) in [4.78, 5) is 16.6. The Morgan fingerprint density at radius 1 is 1.40 bits per heavy atom. The summed E-state index contributed by atoms with van der Waals surface area (Å²) >= 11 is 0. The fraction of sp³-hybridized carbons (Fsp3) is 1.00. The van der Waals surface area contributed by atoms with Crippen LogP contribution >= 0.6 is 7.75 Å². The Morgan fingerprint density at radius 3 is 2.40 bits per heavy atom. The van der Waals surface area contributed by atoms with E-state index in [1.54, 1.807) is 0 Å². The maximum absolute atomic E-state index is 10.2. The Balaban J connectivity index is 3.13. The molecule has 0 fully saturated rings. The lowest BCUT2D eigenvalue weighted by atomic mass is 10.3. The van der Waals surface area contributed by atoms with Gasteiger partial charge < -0.3 is 9.79 Å². The monoisotopic (exact) mass is 167 g/mol. The largest absolute Gasteiger partial charge is 0.400 e. The van der Waals surface area contributed by atoms with E-state index >= 15 is 0 Å². The molecule has 0 aromatic carbocycles. The highest BCUT2D eigenvalue weighted by Gasteiger charge is 2.08. The molecule has 0 spiro atoms. The van der Waals surface area contributed by atoms with E-state index in [2.05, 4.69) is 5.09 Å². The van der Waals surface area contributed by atoms with Crippen LogP contribution in [0.4, 0.5) is 0 Å². The van der Waals surface area contributed by atoms with Gasteiger partial charge in [0.15, 0.2) is 0 Å². The van der Waals surface area contributed by atoms with Gasteiger partial charge in [-0.25, -0.2) is 9.65 Å². The Hall–Kier alpha value is 0.110. The average molecular weight is 167 g/mol. The normalized spacial score (nSPS) is 11.9. The minimum atomic E-state index is -3.96. The van der Waals surface area contributed by atoms with Crippen molar-refractivity contribution in [1.82, 2.24) is 5.09 Å². The van der Waals surface area contributed by atoms with Gasteiger partial charge in [-0.2, -0.15) is 0 Å². The van der Waals surface area contributed by atoms with Crippen molar-refractivity contribution >= 4 is 7.75 Å². The van der Waals surface area contributed by atoms with Gasteiger partial charge in [-0.05, 0) is 6.42 Å². The van der Waals surface area contributed by atoms with Gasteiger partial charge in [-0.15, -0.1) is 0 Å². The molecule has 0 bridgehead atoms. The van der Waals surface area contributed by atoms with Crippen LogP contribution in [0.15, 0.2) is 0 Å². The summed E-state index contributed by atoms with van der Waals surface area (Å²) in [5, 5.41) is 2.12. The molecular formula is C5H14NO3P. The van der Waals surface area contributed by atoms with Crippen molar-refractivity contribution in [3.63, 3.8) is 0 Å². The molecule has 5 heteroatoms. The summed E-state index contributed by atoms with van der Waals surface area (Å²) in [6.07, 6.45) is 2.89. The molecule has 0 atom stereocenters. The predicted molar refractivity (Wildman–Crippen MR) is 39.6 cm³/mol. The standard InChI is InChI=1S/C5H14NO3P/c1-2-3-4-5-6-10(7,8)9/h2-5H2,1H3,(H3,6,7,8,9).